The zero-order valence-electron chi connectivity index (χ0n) is 10.8. The monoisotopic (exact) mass is 339 g/mol. The molecule has 1 saturated carbocycles. The summed E-state index contributed by atoms with van der Waals surface area (Å²) >= 11 is 5.26. The number of aromatic nitrogens is 2. The van der Waals surface area contributed by atoms with Crippen LogP contribution in [0.2, 0.25) is 0 Å². The topological polar surface area (TPSA) is 29.9 Å². The Kier molecular flexibility index (Phi) is 4.23. The van der Waals surface area contributed by atoms with Crippen LogP contribution in [-0.2, 0) is 6.54 Å². The summed E-state index contributed by atoms with van der Waals surface area (Å²) < 4.78 is 3.48. The van der Waals surface area contributed by atoms with E-state index in [1.807, 2.05) is 6.20 Å². The molecule has 0 radical (unpaired) electrons. The van der Waals surface area contributed by atoms with Crippen LogP contribution in [0.3, 0.4) is 0 Å². The molecule has 0 aromatic carbocycles. The van der Waals surface area contributed by atoms with E-state index in [9.17, 15) is 0 Å². The van der Waals surface area contributed by atoms with E-state index in [0.717, 1.165) is 17.0 Å². The summed E-state index contributed by atoms with van der Waals surface area (Å²) in [5.74, 6) is 1.01. The number of halogens is 1. The van der Waals surface area contributed by atoms with Gasteiger partial charge in [0.1, 0.15) is 0 Å². The SMILES string of the molecule is Brc1csc(CNc2nccn2C2CCCCC2)c1. The summed E-state index contributed by atoms with van der Waals surface area (Å²) in [7, 11) is 0. The van der Waals surface area contributed by atoms with Crippen molar-refractivity contribution in [1.82, 2.24) is 9.55 Å². The number of imidazole rings is 1. The second-order valence-electron chi connectivity index (χ2n) is 5.03. The van der Waals surface area contributed by atoms with E-state index in [1.165, 1.54) is 37.0 Å². The maximum absolute atomic E-state index is 4.46. The van der Waals surface area contributed by atoms with Crippen molar-refractivity contribution in [3.8, 4) is 0 Å². The maximum atomic E-state index is 4.46. The van der Waals surface area contributed by atoms with Crippen molar-refractivity contribution in [2.75, 3.05) is 5.32 Å². The van der Waals surface area contributed by atoms with Crippen molar-refractivity contribution >= 4 is 33.2 Å². The molecule has 0 saturated heterocycles. The van der Waals surface area contributed by atoms with Crippen LogP contribution < -0.4 is 5.32 Å². The first-order valence-electron chi connectivity index (χ1n) is 6.82. The predicted octanol–water partition coefficient (Wildman–Crippen LogP) is 4.82. The maximum Gasteiger partial charge on any atom is 0.203 e. The van der Waals surface area contributed by atoms with Crippen LogP contribution in [0.5, 0.6) is 0 Å². The largest absolute Gasteiger partial charge is 0.351 e. The van der Waals surface area contributed by atoms with Crippen molar-refractivity contribution in [1.29, 1.82) is 0 Å². The molecule has 19 heavy (non-hydrogen) atoms. The van der Waals surface area contributed by atoms with E-state index in [-0.39, 0.29) is 0 Å². The fraction of sp³-hybridized carbons (Fsp3) is 0.500. The van der Waals surface area contributed by atoms with Crippen LogP contribution in [-0.4, -0.2) is 9.55 Å². The fourth-order valence-corrected chi connectivity index (χ4v) is 4.11. The molecule has 0 atom stereocenters. The Morgan fingerprint density at radius 1 is 1.37 bits per heavy atom. The van der Waals surface area contributed by atoms with E-state index < -0.39 is 0 Å². The molecule has 5 heteroatoms. The molecule has 2 heterocycles. The Bertz CT molecular complexity index is 528. The molecule has 3 nitrogen and oxygen atoms in total. The summed E-state index contributed by atoms with van der Waals surface area (Å²) in [6.45, 7) is 0.847. The van der Waals surface area contributed by atoms with Crippen molar-refractivity contribution < 1.29 is 0 Å². The summed E-state index contributed by atoms with van der Waals surface area (Å²) in [5, 5.41) is 5.58. The molecule has 3 rings (SSSR count). The molecular weight excluding hydrogens is 322 g/mol. The molecule has 1 aliphatic rings. The third-order valence-corrected chi connectivity index (χ3v) is 5.38. The molecule has 1 N–H and O–H groups in total. The molecule has 2 aromatic heterocycles. The molecule has 0 spiro atoms. The fourth-order valence-electron chi connectivity index (χ4n) is 2.72. The van der Waals surface area contributed by atoms with Crippen LogP contribution in [0.1, 0.15) is 43.0 Å². The molecule has 0 bridgehead atoms. The minimum Gasteiger partial charge on any atom is -0.351 e. The molecule has 102 valence electrons. The van der Waals surface area contributed by atoms with Gasteiger partial charge in [0.2, 0.25) is 5.95 Å². The highest BCUT2D eigenvalue weighted by molar-refractivity contribution is 9.10. The Labute approximate surface area is 126 Å². The van der Waals surface area contributed by atoms with Gasteiger partial charge in [-0.05, 0) is 34.8 Å². The molecule has 1 aliphatic carbocycles. The first kappa shape index (κ1) is 13.2. The number of anilines is 1. The van der Waals surface area contributed by atoms with Gasteiger partial charge in [0, 0.05) is 33.2 Å². The van der Waals surface area contributed by atoms with Gasteiger partial charge in [0.15, 0.2) is 0 Å². The van der Waals surface area contributed by atoms with E-state index in [2.05, 4.69) is 48.4 Å². The van der Waals surface area contributed by atoms with Crippen molar-refractivity contribution in [2.45, 2.75) is 44.7 Å². The highest BCUT2D eigenvalue weighted by Gasteiger charge is 2.17. The van der Waals surface area contributed by atoms with Crippen molar-refractivity contribution in [3.05, 3.63) is 33.2 Å². The highest BCUT2D eigenvalue weighted by Crippen LogP contribution is 2.30. The van der Waals surface area contributed by atoms with E-state index in [1.54, 1.807) is 11.3 Å². The lowest BCUT2D eigenvalue weighted by Gasteiger charge is -2.24. The van der Waals surface area contributed by atoms with E-state index in [4.69, 9.17) is 0 Å². The van der Waals surface area contributed by atoms with Crippen LogP contribution >= 0.6 is 27.3 Å². The summed E-state index contributed by atoms with van der Waals surface area (Å²) in [5.41, 5.74) is 0. The third-order valence-electron chi connectivity index (χ3n) is 3.68. The minimum atomic E-state index is 0.633. The first-order valence-corrected chi connectivity index (χ1v) is 8.50. The zero-order valence-corrected chi connectivity index (χ0v) is 13.2. The molecule has 0 aliphatic heterocycles. The molecule has 2 aromatic rings. The summed E-state index contributed by atoms with van der Waals surface area (Å²) in [6.07, 6.45) is 10.7. The molecule has 0 amide bonds. The second-order valence-corrected chi connectivity index (χ2v) is 6.95. The second kappa shape index (κ2) is 6.09. The van der Waals surface area contributed by atoms with Gasteiger partial charge in [-0.2, -0.15) is 0 Å². The number of hydrogen-bond donors (Lipinski definition) is 1. The number of thiophene rings is 1. The molecule has 1 fully saturated rings. The van der Waals surface area contributed by atoms with Crippen LogP contribution in [0.15, 0.2) is 28.3 Å². The smallest absolute Gasteiger partial charge is 0.203 e. The summed E-state index contributed by atoms with van der Waals surface area (Å²) in [4.78, 5) is 5.78. The minimum absolute atomic E-state index is 0.633. The van der Waals surface area contributed by atoms with Gasteiger partial charge in [-0.3, -0.25) is 0 Å². The standard InChI is InChI=1S/C14H18BrN3S/c15-11-8-13(19-10-11)9-17-14-16-6-7-18(14)12-4-2-1-3-5-12/h6-8,10,12H,1-5,9H2,(H,16,17). The third kappa shape index (κ3) is 3.20. The van der Waals surface area contributed by atoms with Gasteiger partial charge in [-0.25, -0.2) is 4.98 Å². The Morgan fingerprint density at radius 3 is 2.95 bits per heavy atom. The van der Waals surface area contributed by atoms with Gasteiger partial charge in [0.25, 0.3) is 0 Å². The van der Waals surface area contributed by atoms with Crippen LogP contribution in [0.25, 0.3) is 0 Å². The normalized spacial score (nSPS) is 16.7. The van der Waals surface area contributed by atoms with Gasteiger partial charge in [-0.15, -0.1) is 11.3 Å². The van der Waals surface area contributed by atoms with E-state index >= 15 is 0 Å². The average Bonchev–Trinajstić information content (AvgIpc) is 3.06. The predicted molar refractivity (Wildman–Crippen MR) is 83.7 cm³/mol. The lowest BCUT2D eigenvalue weighted by molar-refractivity contribution is 0.356. The Balaban J connectivity index is 1.66. The number of nitrogens with one attached hydrogen (secondary N) is 1. The van der Waals surface area contributed by atoms with E-state index in [0.29, 0.717) is 6.04 Å². The average molecular weight is 340 g/mol. The summed E-state index contributed by atoms with van der Waals surface area (Å²) in [6, 6.07) is 2.79. The van der Waals surface area contributed by atoms with Gasteiger partial charge >= 0.3 is 0 Å². The van der Waals surface area contributed by atoms with Gasteiger partial charge in [0.05, 0.1) is 6.54 Å². The number of nitrogens with zero attached hydrogens (tertiary/aromatic N) is 2. The number of hydrogen-bond acceptors (Lipinski definition) is 3. The van der Waals surface area contributed by atoms with Crippen LogP contribution in [0.4, 0.5) is 5.95 Å². The molecular formula is C14H18BrN3S. The lowest BCUT2D eigenvalue weighted by atomic mass is 9.95. The van der Waals surface area contributed by atoms with Crippen molar-refractivity contribution in [2.24, 2.45) is 0 Å². The Hall–Kier alpha value is -0.810. The highest BCUT2D eigenvalue weighted by atomic mass is 79.9. The lowest BCUT2D eigenvalue weighted by Crippen LogP contribution is -2.15. The zero-order chi connectivity index (χ0) is 13.1. The number of rotatable bonds is 4. The van der Waals surface area contributed by atoms with Gasteiger partial charge in [-0.1, -0.05) is 19.3 Å². The van der Waals surface area contributed by atoms with Crippen LogP contribution in [0, 0.1) is 0 Å². The van der Waals surface area contributed by atoms with Gasteiger partial charge < -0.3 is 9.88 Å². The quantitative estimate of drug-likeness (QED) is 0.864. The first-order chi connectivity index (χ1) is 9.33. The molecule has 0 unspecified atom stereocenters. The Morgan fingerprint density at radius 2 is 2.21 bits per heavy atom. The van der Waals surface area contributed by atoms with Crippen molar-refractivity contribution in [3.63, 3.8) is 0 Å².